The molecular formula is C12H22N4OS. The average Bonchev–Trinajstić information content (AvgIpc) is 3.12. The van der Waals surface area contributed by atoms with Crippen LogP contribution in [0, 0.1) is 5.92 Å². The summed E-state index contributed by atoms with van der Waals surface area (Å²) in [5.74, 6) is 1.59. The van der Waals surface area contributed by atoms with Crippen LogP contribution in [0.25, 0.3) is 0 Å². The van der Waals surface area contributed by atoms with Crippen LogP contribution in [0.3, 0.4) is 0 Å². The fourth-order valence-electron chi connectivity index (χ4n) is 1.77. The molecule has 1 aromatic rings. The van der Waals surface area contributed by atoms with Crippen LogP contribution in [-0.4, -0.2) is 33.1 Å². The molecule has 6 heteroatoms. The maximum absolute atomic E-state index is 11.5. The normalized spacial score (nSPS) is 17.0. The summed E-state index contributed by atoms with van der Waals surface area (Å²) in [5.41, 5.74) is -0.0943. The van der Waals surface area contributed by atoms with E-state index in [1.54, 1.807) is 16.3 Å². The molecule has 1 fully saturated rings. The molecular weight excluding hydrogens is 248 g/mol. The predicted molar refractivity (Wildman–Crippen MR) is 74.1 cm³/mol. The molecule has 2 rings (SSSR count). The van der Waals surface area contributed by atoms with Gasteiger partial charge in [0.25, 0.3) is 0 Å². The van der Waals surface area contributed by atoms with Crippen LogP contribution >= 0.6 is 11.8 Å². The molecule has 18 heavy (non-hydrogen) atoms. The molecule has 0 bridgehead atoms. The maximum Gasteiger partial charge on any atom is 0.343 e. The summed E-state index contributed by atoms with van der Waals surface area (Å²) >= 11 is 1.67. The van der Waals surface area contributed by atoms with Gasteiger partial charge in [0.15, 0.2) is 5.16 Å². The number of rotatable bonds is 8. The fraction of sp³-hybridized carbons (Fsp3) is 0.833. The second kappa shape index (κ2) is 6.43. The Kier molecular flexibility index (Phi) is 4.88. The zero-order valence-corrected chi connectivity index (χ0v) is 11.9. The van der Waals surface area contributed by atoms with E-state index in [-0.39, 0.29) is 5.69 Å². The molecule has 1 aromatic heterocycles. The molecule has 1 heterocycles. The first kappa shape index (κ1) is 13.7. The van der Waals surface area contributed by atoms with Crippen molar-refractivity contribution < 1.29 is 0 Å². The highest BCUT2D eigenvalue weighted by Crippen LogP contribution is 2.20. The van der Waals surface area contributed by atoms with Gasteiger partial charge in [0, 0.05) is 18.3 Å². The highest BCUT2D eigenvalue weighted by Gasteiger charge is 2.21. The largest absolute Gasteiger partial charge is 0.343 e. The molecule has 2 N–H and O–H groups in total. The van der Waals surface area contributed by atoms with Gasteiger partial charge in [-0.05, 0) is 31.7 Å². The number of thioether (sulfide) groups is 1. The summed E-state index contributed by atoms with van der Waals surface area (Å²) in [7, 11) is 0. The average molecular weight is 270 g/mol. The Bertz CT molecular complexity index is 424. The molecule has 0 saturated heterocycles. The van der Waals surface area contributed by atoms with Crippen LogP contribution in [0.4, 0.5) is 0 Å². The lowest BCUT2D eigenvalue weighted by molar-refractivity contribution is 0.554. The second-order valence-electron chi connectivity index (χ2n) is 5.06. The fourth-order valence-corrected chi connectivity index (χ4v) is 2.76. The van der Waals surface area contributed by atoms with Crippen molar-refractivity contribution in [3.8, 4) is 0 Å². The van der Waals surface area contributed by atoms with Gasteiger partial charge in [0.1, 0.15) is 0 Å². The van der Waals surface area contributed by atoms with Crippen molar-refractivity contribution in [1.29, 1.82) is 0 Å². The quantitative estimate of drug-likeness (QED) is 0.702. The molecule has 0 aliphatic heterocycles. The molecule has 1 aliphatic rings. The molecule has 0 spiro atoms. The number of aromatic amines is 1. The van der Waals surface area contributed by atoms with Gasteiger partial charge in [0.05, 0.1) is 0 Å². The van der Waals surface area contributed by atoms with Gasteiger partial charge in [-0.25, -0.2) is 9.89 Å². The van der Waals surface area contributed by atoms with Gasteiger partial charge < -0.3 is 5.32 Å². The van der Waals surface area contributed by atoms with E-state index in [2.05, 4.69) is 29.4 Å². The molecule has 1 unspecified atom stereocenters. The van der Waals surface area contributed by atoms with E-state index in [9.17, 15) is 4.79 Å². The zero-order chi connectivity index (χ0) is 13.0. The van der Waals surface area contributed by atoms with E-state index in [0.29, 0.717) is 5.92 Å². The predicted octanol–water partition coefficient (Wildman–Crippen LogP) is 1.46. The zero-order valence-electron chi connectivity index (χ0n) is 11.1. The number of nitrogens with zero attached hydrogens (tertiary/aromatic N) is 2. The Morgan fingerprint density at radius 1 is 1.61 bits per heavy atom. The first-order chi connectivity index (χ1) is 8.70. The number of hydrogen-bond donors (Lipinski definition) is 2. The SMILES string of the molecule is CCCn1c(SCC(C)CNC2CC2)n[nH]c1=O. The highest BCUT2D eigenvalue weighted by molar-refractivity contribution is 7.99. The molecule has 0 aromatic carbocycles. The van der Waals surface area contributed by atoms with E-state index in [1.807, 2.05) is 0 Å². The Balaban J connectivity index is 1.79. The first-order valence-electron chi connectivity index (χ1n) is 6.72. The van der Waals surface area contributed by atoms with Gasteiger partial charge in [0.2, 0.25) is 0 Å². The third-order valence-electron chi connectivity index (χ3n) is 3.00. The van der Waals surface area contributed by atoms with Crippen molar-refractivity contribution in [2.75, 3.05) is 12.3 Å². The number of hydrogen-bond acceptors (Lipinski definition) is 4. The lowest BCUT2D eigenvalue weighted by Gasteiger charge is -2.11. The topological polar surface area (TPSA) is 62.7 Å². The summed E-state index contributed by atoms with van der Waals surface area (Å²) in [5, 5.41) is 11.0. The van der Waals surface area contributed by atoms with E-state index in [4.69, 9.17) is 0 Å². The minimum absolute atomic E-state index is 0.0943. The van der Waals surface area contributed by atoms with Crippen molar-refractivity contribution >= 4 is 11.8 Å². The van der Waals surface area contributed by atoms with Crippen molar-refractivity contribution in [3.63, 3.8) is 0 Å². The first-order valence-corrected chi connectivity index (χ1v) is 7.70. The summed E-state index contributed by atoms with van der Waals surface area (Å²) in [6.45, 7) is 6.10. The molecule has 0 amide bonds. The molecule has 102 valence electrons. The standard InChI is InChI=1S/C12H22N4OS/c1-3-6-16-11(17)14-15-12(16)18-8-9(2)7-13-10-4-5-10/h9-10,13H,3-8H2,1-2H3,(H,14,17). The van der Waals surface area contributed by atoms with Crippen molar-refractivity contribution in [1.82, 2.24) is 20.1 Å². The van der Waals surface area contributed by atoms with E-state index in [0.717, 1.165) is 36.5 Å². The van der Waals surface area contributed by atoms with E-state index < -0.39 is 0 Å². The Hall–Kier alpha value is -0.750. The minimum atomic E-state index is -0.0943. The van der Waals surface area contributed by atoms with Crippen molar-refractivity contribution in [2.45, 2.75) is 50.9 Å². The van der Waals surface area contributed by atoms with Crippen LogP contribution in [0.2, 0.25) is 0 Å². The molecule has 5 nitrogen and oxygen atoms in total. The number of nitrogens with one attached hydrogen (secondary N) is 2. The van der Waals surface area contributed by atoms with Crippen LogP contribution in [0.1, 0.15) is 33.1 Å². The highest BCUT2D eigenvalue weighted by atomic mass is 32.2. The monoisotopic (exact) mass is 270 g/mol. The van der Waals surface area contributed by atoms with Gasteiger partial charge in [-0.1, -0.05) is 25.6 Å². The lowest BCUT2D eigenvalue weighted by atomic mass is 10.2. The summed E-state index contributed by atoms with van der Waals surface area (Å²) in [6.07, 6.45) is 3.61. The summed E-state index contributed by atoms with van der Waals surface area (Å²) < 4.78 is 1.73. The van der Waals surface area contributed by atoms with Crippen molar-refractivity contribution in [2.24, 2.45) is 5.92 Å². The van der Waals surface area contributed by atoms with Gasteiger partial charge in [-0.3, -0.25) is 4.57 Å². The summed E-state index contributed by atoms with van der Waals surface area (Å²) in [4.78, 5) is 11.5. The van der Waals surface area contributed by atoms with Crippen molar-refractivity contribution in [3.05, 3.63) is 10.5 Å². The van der Waals surface area contributed by atoms with Gasteiger partial charge >= 0.3 is 5.69 Å². The Morgan fingerprint density at radius 2 is 2.39 bits per heavy atom. The van der Waals surface area contributed by atoms with Gasteiger partial charge in [-0.2, -0.15) is 0 Å². The lowest BCUT2D eigenvalue weighted by Crippen LogP contribution is -2.24. The Labute approximate surface area is 112 Å². The Morgan fingerprint density at radius 3 is 3.06 bits per heavy atom. The number of aromatic nitrogens is 3. The molecule has 1 atom stereocenters. The smallest absolute Gasteiger partial charge is 0.314 e. The van der Waals surface area contributed by atoms with Crippen LogP contribution in [0.5, 0.6) is 0 Å². The van der Waals surface area contributed by atoms with Crippen LogP contribution < -0.4 is 11.0 Å². The summed E-state index contributed by atoms with van der Waals surface area (Å²) in [6, 6.07) is 0.765. The molecule has 1 aliphatic carbocycles. The number of H-pyrrole nitrogens is 1. The third-order valence-corrected chi connectivity index (χ3v) is 4.31. The van der Waals surface area contributed by atoms with E-state index >= 15 is 0 Å². The van der Waals surface area contributed by atoms with Crippen LogP contribution in [0.15, 0.2) is 9.95 Å². The van der Waals surface area contributed by atoms with Crippen LogP contribution in [-0.2, 0) is 6.54 Å². The molecule has 0 radical (unpaired) electrons. The maximum atomic E-state index is 11.5. The van der Waals surface area contributed by atoms with E-state index in [1.165, 1.54) is 12.8 Å². The third kappa shape index (κ3) is 3.88. The van der Waals surface area contributed by atoms with Gasteiger partial charge in [-0.15, -0.1) is 5.10 Å². The second-order valence-corrected chi connectivity index (χ2v) is 6.05. The molecule has 1 saturated carbocycles. The minimum Gasteiger partial charge on any atom is -0.314 e.